The number of urea groups is 1. The van der Waals surface area contributed by atoms with Crippen molar-refractivity contribution in [1.29, 1.82) is 0 Å². The minimum Gasteiger partial charge on any atom is -0.306 e. The number of anilines is 1. The maximum Gasteiger partial charge on any atom is 0.345 e. The lowest BCUT2D eigenvalue weighted by molar-refractivity contribution is -0.0598. The van der Waals surface area contributed by atoms with E-state index in [1.807, 2.05) is 0 Å². The van der Waals surface area contributed by atoms with Crippen LogP contribution < -0.4 is 5.32 Å². The molecule has 0 atom stereocenters. The maximum absolute atomic E-state index is 11.4. The first kappa shape index (κ1) is 11.9. The summed E-state index contributed by atoms with van der Waals surface area (Å²) in [6.07, 6.45) is 1.43. The second kappa shape index (κ2) is 5.65. The summed E-state index contributed by atoms with van der Waals surface area (Å²) in [7, 11) is 2.86. The highest BCUT2D eigenvalue weighted by molar-refractivity contribution is 5.88. The Bertz CT molecular complexity index is 427. The predicted octanol–water partition coefficient (Wildman–Crippen LogP) is 1.68. The van der Waals surface area contributed by atoms with Crippen molar-refractivity contribution in [1.82, 2.24) is 5.06 Å². The Hall–Kier alpha value is -2.17. The zero-order valence-electron chi connectivity index (χ0n) is 8.93. The summed E-state index contributed by atoms with van der Waals surface area (Å²) in [5.41, 5.74) is 0.943. The van der Waals surface area contributed by atoms with Crippen LogP contribution in [0.2, 0.25) is 0 Å². The van der Waals surface area contributed by atoms with Gasteiger partial charge < -0.3 is 5.32 Å². The fraction of sp³-hybridized carbons (Fsp3) is 0.200. The first-order valence-corrected chi connectivity index (χ1v) is 4.44. The molecule has 0 saturated heterocycles. The zero-order valence-corrected chi connectivity index (χ0v) is 8.93. The molecule has 0 aromatic heterocycles. The third-order valence-electron chi connectivity index (χ3n) is 1.83. The van der Waals surface area contributed by atoms with Gasteiger partial charge >= 0.3 is 6.03 Å². The molecule has 2 amide bonds. The van der Waals surface area contributed by atoms with E-state index >= 15 is 0 Å². The number of carbonyl (C=O) groups is 1. The van der Waals surface area contributed by atoms with Gasteiger partial charge in [0.1, 0.15) is 0 Å². The van der Waals surface area contributed by atoms with Gasteiger partial charge in [0.2, 0.25) is 6.08 Å². The number of hydrogen-bond donors (Lipinski definition) is 1. The van der Waals surface area contributed by atoms with Crippen LogP contribution in [0, 0.1) is 0 Å². The molecule has 0 bridgehead atoms. The van der Waals surface area contributed by atoms with Gasteiger partial charge in [0.15, 0.2) is 0 Å². The number of nitrogens with one attached hydrogen (secondary N) is 1. The number of isocyanates is 1. The summed E-state index contributed by atoms with van der Waals surface area (Å²) in [6, 6.07) is 6.09. The van der Waals surface area contributed by atoms with Gasteiger partial charge in [-0.3, -0.25) is 4.84 Å². The van der Waals surface area contributed by atoms with E-state index < -0.39 is 6.03 Å². The number of aliphatic imine (C=N–C) groups is 1. The third kappa shape index (κ3) is 3.20. The topological polar surface area (TPSA) is 71.0 Å². The molecular weight excluding hydrogens is 210 g/mol. The van der Waals surface area contributed by atoms with E-state index in [2.05, 4.69) is 10.3 Å². The third-order valence-corrected chi connectivity index (χ3v) is 1.83. The van der Waals surface area contributed by atoms with Gasteiger partial charge in [-0.15, -0.1) is 0 Å². The highest BCUT2D eigenvalue weighted by Gasteiger charge is 2.07. The average Bonchev–Trinajstić information content (AvgIpc) is 2.29. The largest absolute Gasteiger partial charge is 0.345 e. The lowest BCUT2D eigenvalue weighted by atomic mass is 10.3. The maximum atomic E-state index is 11.4. The van der Waals surface area contributed by atoms with Gasteiger partial charge in [-0.2, -0.15) is 4.99 Å². The van der Waals surface area contributed by atoms with Crippen molar-refractivity contribution in [2.45, 2.75) is 0 Å². The van der Waals surface area contributed by atoms with E-state index in [9.17, 15) is 9.59 Å². The summed E-state index contributed by atoms with van der Waals surface area (Å²) in [5, 5.41) is 3.60. The number of nitrogens with zero attached hydrogens (tertiary/aromatic N) is 2. The Balaban J connectivity index is 2.77. The molecule has 0 radical (unpaired) electrons. The molecule has 84 valence electrons. The van der Waals surface area contributed by atoms with Crippen LogP contribution in [0.5, 0.6) is 0 Å². The molecule has 0 unspecified atom stereocenters. The second-order valence-electron chi connectivity index (χ2n) is 2.86. The number of benzene rings is 1. The summed E-state index contributed by atoms with van der Waals surface area (Å²) in [5.74, 6) is 0. The van der Waals surface area contributed by atoms with Crippen molar-refractivity contribution in [3.05, 3.63) is 24.3 Å². The minimum absolute atomic E-state index is 0.422. The standard InChI is InChI=1S/C10H11N3O3/c1-13(16-2)10(15)12-9-5-3-4-8(6-9)11-7-14/h3-6H,1-2H3,(H,12,15). The van der Waals surface area contributed by atoms with E-state index in [1.165, 1.54) is 20.2 Å². The molecule has 1 rings (SSSR count). The second-order valence-corrected chi connectivity index (χ2v) is 2.86. The van der Waals surface area contributed by atoms with E-state index in [-0.39, 0.29) is 0 Å². The molecule has 0 aliphatic heterocycles. The van der Waals surface area contributed by atoms with Crippen LogP contribution in [0.1, 0.15) is 0 Å². The summed E-state index contributed by atoms with van der Waals surface area (Å²) in [6.45, 7) is 0. The molecule has 0 spiro atoms. The van der Waals surface area contributed by atoms with Gasteiger partial charge in [-0.25, -0.2) is 14.7 Å². The van der Waals surface area contributed by atoms with Crippen LogP contribution in [-0.4, -0.2) is 31.3 Å². The molecule has 1 aromatic carbocycles. The van der Waals surface area contributed by atoms with Crippen molar-refractivity contribution in [3.63, 3.8) is 0 Å². The van der Waals surface area contributed by atoms with Crippen LogP contribution >= 0.6 is 0 Å². The minimum atomic E-state index is -0.422. The van der Waals surface area contributed by atoms with Crippen LogP contribution in [0.4, 0.5) is 16.2 Å². The van der Waals surface area contributed by atoms with Gasteiger partial charge in [-0.1, -0.05) is 6.07 Å². The molecule has 1 N–H and O–H groups in total. The fourth-order valence-electron chi connectivity index (χ4n) is 0.991. The molecule has 0 fully saturated rings. The lowest BCUT2D eigenvalue weighted by Gasteiger charge is -2.14. The molecule has 0 heterocycles. The SMILES string of the molecule is CON(C)C(=O)Nc1cccc(N=C=O)c1. The molecule has 6 heteroatoms. The summed E-state index contributed by atoms with van der Waals surface area (Å²) >= 11 is 0. The first-order chi connectivity index (χ1) is 7.67. The van der Waals surface area contributed by atoms with Gasteiger partial charge in [0.05, 0.1) is 12.8 Å². The Labute approximate surface area is 92.5 Å². The molecular formula is C10H11N3O3. The summed E-state index contributed by atoms with van der Waals surface area (Å²) in [4.78, 5) is 29.6. The number of hydroxylamine groups is 2. The molecule has 16 heavy (non-hydrogen) atoms. The summed E-state index contributed by atoms with van der Waals surface area (Å²) < 4.78 is 0. The van der Waals surface area contributed by atoms with E-state index in [1.54, 1.807) is 24.3 Å². The number of carbonyl (C=O) groups excluding carboxylic acids is 2. The normalized spacial score (nSPS) is 9.12. The lowest BCUT2D eigenvalue weighted by Crippen LogP contribution is -2.30. The van der Waals surface area contributed by atoms with Gasteiger partial charge in [0.25, 0.3) is 0 Å². The molecule has 1 aromatic rings. The van der Waals surface area contributed by atoms with Gasteiger partial charge in [0, 0.05) is 12.7 Å². The Kier molecular flexibility index (Phi) is 4.20. The molecule has 0 aliphatic carbocycles. The van der Waals surface area contributed by atoms with Crippen molar-refractivity contribution < 1.29 is 14.4 Å². The van der Waals surface area contributed by atoms with Crippen molar-refractivity contribution in [3.8, 4) is 0 Å². The van der Waals surface area contributed by atoms with Crippen molar-refractivity contribution in [2.24, 2.45) is 4.99 Å². The van der Waals surface area contributed by atoms with Gasteiger partial charge in [-0.05, 0) is 18.2 Å². The first-order valence-electron chi connectivity index (χ1n) is 4.44. The highest BCUT2D eigenvalue weighted by atomic mass is 16.7. The average molecular weight is 221 g/mol. The van der Waals surface area contributed by atoms with E-state index in [4.69, 9.17) is 4.84 Å². The quantitative estimate of drug-likeness (QED) is 0.479. The monoisotopic (exact) mass is 221 g/mol. The fourth-order valence-corrected chi connectivity index (χ4v) is 0.991. The number of rotatable bonds is 3. The number of amides is 2. The van der Waals surface area contributed by atoms with Crippen LogP contribution in [0.3, 0.4) is 0 Å². The van der Waals surface area contributed by atoms with Crippen LogP contribution in [-0.2, 0) is 9.63 Å². The van der Waals surface area contributed by atoms with Crippen LogP contribution in [0.25, 0.3) is 0 Å². The Morgan fingerprint density at radius 2 is 2.31 bits per heavy atom. The molecule has 0 saturated carbocycles. The molecule has 0 aliphatic rings. The zero-order chi connectivity index (χ0) is 12.0. The van der Waals surface area contributed by atoms with Crippen molar-refractivity contribution in [2.75, 3.05) is 19.5 Å². The Morgan fingerprint density at radius 1 is 1.56 bits per heavy atom. The number of hydrogen-bond acceptors (Lipinski definition) is 4. The van der Waals surface area contributed by atoms with E-state index in [0.29, 0.717) is 11.4 Å². The van der Waals surface area contributed by atoms with E-state index in [0.717, 1.165) is 5.06 Å². The predicted molar refractivity (Wildman–Crippen MR) is 58.0 cm³/mol. The smallest absolute Gasteiger partial charge is 0.306 e. The molecule has 6 nitrogen and oxygen atoms in total. The van der Waals surface area contributed by atoms with Crippen LogP contribution in [0.15, 0.2) is 29.3 Å². The van der Waals surface area contributed by atoms with Crippen molar-refractivity contribution >= 4 is 23.5 Å². The highest BCUT2D eigenvalue weighted by Crippen LogP contribution is 2.17. The Morgan fingerprint density at radius 3 is 2.94 bits per heavy atom.